The molecule has 98 valence electrons. The average Bonchev–Trinajstić information content (AvgIpc) is 2.35. The summed E-state index contributed by atoms with van der Waals surface area (Å²) in [5, 5.41) is 2.74. The van der Waals surface area contributed by atoms with Crippen molar-refractivity contribution < 1.29 is 13.6 Å². The fourth-order valence-corrected chi connectivity index (χ4v) is 1.71. The predicted molar refractivity (Wildman–Crippen MR) is 68.3 cm³/mol. The van der Waals surface area contributed by atoms with Gasteiger partial charge in [0.15, 0.2) is 0 Å². The highest BCUT2D eigenvalue weighted by molar-refractivity contribution is 6.29. The molecule has 2 aromatic rings. The lowest BCUT2D eigenvalue weighted by Crippen LogP contribution is -2.15. The van der Waals surface area contributed by atoms with Crippen LogP contribution in [0.2, 0.25) is 5.15 Å². The van der Waals surface area contributed by atoms with Gasteiger partial charge in [0.25, 0.3) is 5.91 Å². The van der Waals surface area contributed by atoms with E-state index in [-0.39, 0.29) is 10.7 Å². The number of amides is 1. The van der Waals surface area contributed by atoms with Gasteiger partial charge in [0.05, 0.1) is 16.9 Å². The van der Waals surface area contributed by atoms with Crippen molar-refractivity contribution in [3.05, 3.63) is 58.4 Å². The first-order valence-corrected chi connectivity index (χ1v) is 5.74. The zero-order chi connectivity index (χ0) is 14.0. The Morgan fingerprint density at radius 1 is 1.26 bits per heavy atom. The van der Waals surface area contributed by atoms with Crippen molar-refractivity contribution in [1.82, 2.24) is 4.98 Å². The Balaban J connectivity index is 2.28. The summed E-state index contributed by atoms with van der Waals surface area (Å²) in [7, 11) is 0. The standard InChI is InChI=1S/C13H9ClF2N2O/c1-7-11(4-5-12(14)17-7)18-13(19)9-6-8(15)2-3-10(9)16/h2-6H,1H3,(H,18,19). The van der Waals surface area contributed by atoms with Crippen LogP contribution in [0.15, 0.2) is 30.3 Å². The number of carbonyl (C=O) groups is 1. The van der Waals surface area contributed by atoms with E-state index in [1.54, 1.807) is 13.0 Å². The highest BCUT2D eigenvalue weighted by Crippen LogP contribution is 2.18. The largest absolute Gasteiger partial charge is 0.320 e. The number of benzene rings is 1. The van der Waals surface area contributed by atoms with Gasteiger partial charge in [0.1, 0.15) is 16.8 Å². The Bertz CT molecular complexity index is 647. The van der Waals surface area contributed by atoms with Crippen molar-refractivity contribution in [1.29, 1.82) is 0 Å². The fourth-order valence-electron chi connectivity index (χ4n) is 1.52. The van der Waals surface area contributed by atoms with Gasteiger partial charge in [-0.1, -0.05) is 11.6 Å². The number of hydrogen-bond donors (Lipinski definition) is 1. The highest BCUT2D eigenvalue weighted by atomic mass is 35.5. The Morgan fingerprint density at radius 3 is 2.68 bits per heavy atom. The average molecular weight is 283 g/mol. The molecule has 1 amide bonds. The minimum absolute atomic E-state index is 0.285. The van der Waals surface area contributed by atoms with Crippen LogP contribution in [0, 0.1) is 18.6 Å². The molecule has 0 unspecified atom stereocenters. The topological polar surface area (TPSA) is 42.0 Å². The number of rotatable bonds is 2. The van der Waals surface area contributed by atoms with Crippen LogP contribution in [0.25, 0.3) is 0 Å². The van der Waals surface area contributed by atoms with Gasteiger partial charge in [-0.05, 0) is 37.3 Å². The minimum Gasteiger partial charge on any atom is -0.320 e. The Kier molecular flexibility index (Phi) is 3.76. The first kappa shape index (κ1) is 13.4. The number of carbonyl (C=O) groups excluding carboxylic acids is 1. The molecule has 6 heteroatoms. The van der Waals surface area contributed by atoms with E-state index in [0.717, 1.165) is 18.2 Å². The lowest BCUT2D eigenvalue weighted by atomic mass is 10.2. The SMILES string of the molecule is Cc1nc(Cl)ccc1NC(=O)c1cc(F)ccc1F. The van der Waals surface area contributed by atoms with Crippen molar-refractivity contribution in [2.24, 2.45) is 0 Å². The Hall–Kier alpha value is -2.01. The van der Waals surface area contributed by atoms with Crippen LogP contribution in [-0.4, -0.2) is 10.9 Å². The zero-order valence-electron chi connectivity index (χ0n) is 9.88. The van der Waals surface area contributed by atoms with Gasteiger partial charge in [-0.3, -0.25) is 4.79 Å². The molecule has 19 heavy (non-hydrogen) atoms. The monoisotopic (exact) mass is 282 g/mol. The number of anilines is 1. The van der Waals surface area contributed by atoms with Gasteiger partial charge < -0.3 is 5.32 Å². The Morgan fingerprint density at radius 2 is 2.00 bits per heavy atom. The molecular formula is C13H9ClF2N2O. The maximum Gasteiger partial charge on any atom is 0.258 e. The molecule has 0 aliphatic rings. The third-order valence-electron chi connectivity index (χ3n) is 2.47. The number of hydrogen-bond acceptors (Lipinski definition) is 2. The summed E-state index contributed by atoms with van der Waals surface area (Å²) in [6.45, 7) is 1.64. The zero-order valence-corrected chi connectivity index (χ0v) is 10.6. The third-order valence-corrected chi connectivity index (χ3v) is 2.68. The maximum atomic E-state index is 13.4. The van der Waals surface area contributed by atoms with E-state index in [2.05, 4.69) is 10.3 Å². The maximum absolute atomic E-state index is 13.4. The van der Waals surface area contributed by atoms with Gasteiger partial charge in [-0.25, -0.2) is 13.8 Å². The molecule has 0 atom stereocenters. The summed E-state index contributed by atoms with van der Waals surface area (Å²) in [6, 6.07) is 5.72. The van der Waals surface area contributed by atoms with E-state index in [1.807, 2.05) is 0 Å². The van der Waals surface area contributed by atoms with Gasteiger partial charge in [0.2, 0.25) is 0 Å². The molecule has 3 nitrogen and oxygen atoms in total. The molecule has 0 bridgehead atoms. The molecular weight excluding hydrogens is 274 g/mol. The van der Waals surface area contributed by atoms with Crippen LogP contribution in [0.4, 0.5) is 14.5 Å². The quantitative estimate of drug-likeness (QED) is 0.856. The normalized spacial score (nSPS) is 10.3. The second-order valence-electron chi connectivity index (χ2n) is 3.85. The molecule has 1 aromatic carbocycles. The molecule has 0 saturated carbocycles. The van der Waals surface area contributed by atoms with Gasteiger partial charge in [0, 0.05) is 0 Å². The van der Waals surface area contributed by atoms with E-state index in [1.165, 1.54) is 6.07 Å². The summed E-state index contributed by atoms with van der Waals surface area (Å²) in [5.74, 6) is -2.22. The number of halogens is 3. The number of nitrogens with zero attached hydrogens (tertiary/aromatic N) is 1. The molecule has 1 aromatic heterocycles. The van der Waals surface area contributed by atoms with E-state index < -0.39 is 17.5 Å². The minimum atomic E-state index is -0.793. The lowest BCUT2D eigenvalue weighted by Gasteiger charge is -2.08. The van der Waals surface area contributed by atoms with Crippen molar-refractivity contribution in [3.63, 3.8) is 0 Å². The van der Waals surface area contributed by atoms with Crippen LogP contribution >= 0.6 is 11.6 Å². The van der Waals surface area contributed by atoms with E-state index in [9.17, 15) is 13.6 Å². The third kappa shape index (κ3) is 3.06. The van der Waals surface area contributed by atoms with Gasteiger partial charge >= 0.3 is 0 Å². The van der Waals surface area contributed by atoms with Crippen LogP contribution < -0.4 is 5.32 Å². The van der Waals surface area contributed by atoms with Crippen LogP contribution in [0.5, 0.6) is 0 Å². The molecule has 0 fully saturated rings. The van der Waals surface area contributed by atoms with Crippen molar-refractivity contribution >= 4 is 23.2 Å². The number of nitrogens with one attached hydrogen (secondary N) is 1. The van der Waals surface area contributed by atoms with E-state index >= 15 is 0 Å². The van der Waals surface area contributed by atoms with Crippen molar-refractivity contribution in [2.75, 3.05) is 5.32 Å². The summed E-state index contributed by atoms with van der Waals surface area (Å²) in [5.41, 5.74) is 0.505. The predicted octanol–water partition coefficient (Wildman–Crippen LogP) is 3.57. The van der Waals surface area contributed by atoms with E-state index in [0.29, 0.717) is 11.4 Å². The molecule has 1 N–H and O–H groups in total. The summed E-state index contributed by atoms with van der Waals surface area (Å²) in [6.07, 6.45) is 0. The number of aromatic nitrogens is 1. The first-order chi connectivity index (χ1) is 8.97. The molecule has 0 radical (unpaired) electrons. The van der Waals surface area contributed by atoms with Gasteiger partial charge in [-0.15, -0.1) is 0 Å². The molecule has 1 heterocycles. The number of aryl methyl sites for hydroxylation is 1. The molecule has 0 aliphatic heterocycles. The fraction of sp³-hybridized carbons (Fsp3) is 0.0769. The highest BCUT2D eigenvalue weighted by Gasteiger charge is 2.14. The summed E-state index contributed by atoms with van der Waals surface area (Å²) in [4.78, 5) is 15.8. The van der Waals surface area contributed by atoms with Crippen molar-refractivity contribution in [3.8, 4) is 0 Å². The molecule has 0 spiro atoms. The molecule has 0 saturated heterocycles. The first-order valence-electron chi connectivity index (χ1n) is 5.37. The van der Waals surface area contributed by atoms with Crippen LogP contribution in [0.1, 0.15) is 16.1 Å². The second-order valence-corrected chi connectivity index (χ2v) is 4.23. The van der Waals surface area contributed by atoms with E-state index in [4.69, 9.17) is 11.6 Å². The molecule has 2 rings (SSSR count). The van der Waals surface area contributed by atoms with Crippen LogP contribution in [-0.2, 0) is 0 Å². The molecule has 0 aliphatic carbocycles. The smallest absolute Gasteiger partial charge is 0.258 e. The lowest BCUT2D eigenvalue weighted by molar-refractivity contribution is 0.102. The summed E-state index contributed by atoms with van der Waals surface area (Å²) >= 11 is 5.68. The van der Waals surface area contributed by atoms with Gasteiger partial charge in [-0.2, -0.15) is 0 Å². The van der Waals surface area contributed by atoms with Crippen molar-refractivity contribution in [2.45, 2.75) is 6.92 Å². The summed E-state index contributed by atoms with van der Waals surface area (Å²) < 4.78 is 26.4. The van der Waals surface area contributed by atoms with Crippen LogP contribution in [0.3, 0.4) is 0 Å². The second kappa shape index (κ2) is 5.32. The number of pyridine rings is 1. The Labute approximate surface area is 113 Å².